The number of rotatable bonds is 9. The van der Waals surface area contributed by atoms with Gasteiger partial charge in [-0.2, -0.15) is 5.10 Å². The lowest BCUT2D eigenvalue weighted by molar-refractivity contribution is 0.0802. The average Bonchev–Trinajstić information content (AvgIpc) is 3.42. The second kappa shape index (κ2) is 9.52. The topological polar surface area (TPSA) is 77.3 Å². The Morgan fingerprint density at radius 3 is 2.74 bits per heavy atom. The van der Waals surface area contributed by atoms with Gasteiger partial charge in [-0.05, 0) is 50.9 Å². The third kappa shape index (κ3) is 5.84. The van der Waals surface area contributed by atoms with Gasteiger partial charge in [-0.1, -0.05) is 19.6 Å². The summed E-state index contributed by atoms with van der Waals surface area (Å²) < 4.78 is 14.3. The van der Waals surface area contributed by atoms with Crippen LogP contribution in [0.25, 0.3) is 22.3 Å². The smallest absolute Gasteiger partial charge is 0.140 e. The maximum absolute atomic E-state index is 6.28. The fraction of sp³-hybridized carbons (Fsp3) is 0.577. The number of piperazine rings is 1. The molecule has 1 saturated heterocycles. The van der Waals surface area contributed by atoms with Crippen LogP contribution in [0.3, 0.4) is 0 Å². The molecule has 2 aliphatic rings. The van der Waals surface area contributed by atoms with Crippen molar-refractivity contribution in [2.75, 3.05) is 31.1 Å². The molecule has 1 N–H and O–H groups in total. The van der Waals surface area contributed by atoms with Gasteiger partial charge in [0.05, 0.1) is 16.9 Å². The van der Waals surface area contributed by atoms with Gasteiger partial charge < -0.3 is 19.7 Å². The lowest BCUT2D eigenvalue weighted by Crippen LogP contribution is -2.49. The van der Waals surface area contributed by atoms with Crippen LogP contribution in [0.15, 0.2) is 30.6 Å². The molecule has 2 fully saturated rings. The van der Waals surface area contributed by atoms with E-state index in [1.807, 2.05) is 16.8 Å². The Bertz CT molecular complexity index is 1190. The molecule has 1 aromatic carbocycles. The number of nitrogens with one attached hydrogen (secondary N) is 1. The van der Waals surface area contributed by atoms with E-state index in [9.17, 15) is 0 Å². The molecule has 0 radical (unpaired) electrons. The number of anilines is 1. The lowest BCUT2D eigenvalue weighted by atomic mass is 10.1. The first-order valence-electron chi connectivity index (χ1n) is 12.8. The van der Waals surface area contributed by atoms with E-state index in [4.69, 9.17) is 14.6 Å². The number of hydrogen-bond donors (Lipinski definition) is 1. The second-order valence-electron chi connectivity index (χ2n) is 11.5. The third-order valence-electron chi connectivity index (χ3n) is 6.83. The maximum Gasteiger partial charge on any atom is 0.140 e. The van der Waals surface area contributed by atoms with E-state index in [0.29, 0.717) is 12.8 Å². The van der Waals surface area contributed by atoms with E-state index in [1.165, 1.54) is 0 Å². The van der Waals surface area contributed by atoms with Gasteiger partial charge >= 0.3 is 0 Å². The van der Waals surface area contributed by atoms with Crippen LogP contribution in [-0.2, 0) is 11.5 Å². The molecule has 8 nitrogen and oxygen atoms in total. The SMILES string of the molecule is C[C@@H]1CN(c2cc(-c3c4cc(OC5(C)CC5)ccc4nn3COCC[Si](C)(C)C)ncn2)CCN1. The van der Waals surface area contributed by atoms with Crippen molar-refractivity contribution in [3.05, 3.63) is 30.6 Å². The van der Waals surface area contributed by atoms with Crippen LogP contribution in [0.4, 0.5) is 5.82 Å². The van der Waals surface area contributed by atoms with E-state index < -0.39 is 8.07 Å². The molecular weight excluding hydrogens is 456 g/mol. The van der Waals surface area contributed by atoms with Crippen LogP contribution in [0.1, 0.15) is 26.7 Å². The zero-order valence-corrected chi connectivity index (χ0v) is 22.7. The zero-order valence-electron chi connectivity index (χ0n) is 21.7. The molecule has 1 saturated carbocycles. The third-order valence-corrected chi connectivity index (χ3v) is 8.53. The Labute approximate surface area is 209 Å². The van der Waals surface area contributed by atoms with Gasteiger partial charge in [0.25, 0.3) is 0 Å². The number of hydrogen-bond acceptors (Lipinski definition) is 7. The summed E-state index contributed by atoms with van der Waals surface area (Å²) in [4.78, 5) is 11.6. The highest BCUT2D eigenvalue weighted by Crippen LogP contribution is 2.41. The van der Waals surface area contributed by atoms with Gasteiger partial charge in [0.15, 0.2) is 0 Å². The molecule has 0 amide bonds. The van der Waals surface area contributed by atoms with Crippen molar-refractivity contribution in [1.29, 1.82) is 0 Å². The first-order valence-corrected chi connectivity index (χ1v) is 16.5. The quantitative estimate of drug-likeness (QED) is 0.346. The van der Waals surface area contributed by atoms with E-state index in [-0.39, 0.29) is 5.60 Å². The van der Waals surface area contributed by atoms with Crippen molar-refractivity contribution < 1.29 is 9.47 Å². The predicted octanol–water partition coefficient (Wildman–Crippen LogP) is 4.54. The van der Waals surface area contributed by atoms with Crippen LogP contribution >= 0.6 is 0 Å². The second-order valence-corrected chi connectivity index (χ2v) is 17.1. The molecule has 1 aliphatic carbocycles. The van der Waals surface area contributed by atoms with Crippen molar-refractivity contribution in [3.8, 4) is 17.1 Å². The molecule has 2 aromatic heterocycles. The van der Waals surface area contributed by atoms with Gasteiger partial charge in [-0.25, -0.2) is 14.6 Å². The predicted molar refractivity (Wildman–Crippen MR) is 143 cm³/mol. The first kappa shape index (κ1) is 24.2. The van der Waals surface area contributed by atoms with Gasteiger partial charge in [0, 0.05) is 51.8 Å². The molecule has 3 heterocycles. The maximum atomic E-state index is 6.28. The first-order chi connectivity index (χ1) is 16.7. The average molecular weight is 495 g/mol. The van der Waals surface area contributed by atoms with Crippen LogP contribution in [0, 0.1) is 0 Å². The van der Waals surface area contributed by atoms with Crippen molar-refractivity contribution in [2.45, 2.75) is 70.7 Å². The Hall–Kier alpha value is -2.49. The Balaban J connectivity index is 1.49. The van der Waals surface area contributed by atoms with Crippen molar-refractivity contribution >= 4 is 24.8 Å². The minimum absolute atomic E-state index is 0.0368. The summed E-state index contributed by atoms with van der Waals surface area (Å²) in [6.07, 6.45) is 3.86. The van der Waals surface area contributed by atoms with Crippen molar-refractivity contribution in [2.24, 2.45) is 0 Å². The van der Waals surface area contributed by atoms with E-state index in [2.05, 4.69) is 65.8 Å². The van der Waals surface area contributed by atoms with Crippen LogP contribution in [0.2, 0.25) is 25.7 Å². The minimum Gasteiger partial charge on any atom is -0.488 e. The number of benzene rings is 1. The number of ether oxygens (including phenoxy) is 2. The molecule has 35 heavy (non-hydrogen) atoms. The molecule has 0 bridgehead atoms. The largest absolute Gasteiger partial charge is 0.488 e. The Morgan fingerprint density at radius 1 is 1.17 bits per heavy atom. The van der Waals surface area contributed by atoms with Crippen LogP contribution < -0.4 is 15.0 Å². The lowest BCUT2D eigenvalue weighted by Gasteiger charge is -2.32. The molecule has 0 unspecified atom stereocenters. The van der Waals surface area contributed by atoms with Gasteiger partial charge in [-0.3, -0.25) is 0 Å². The Kier molecular flexibility index (Phi) is 6.58. The summed E-state index contributed by atoms with van der Waals surface area (Å²) in [5, 5.41) is 9.42. The van der Waals surface area contributed by atoms with Crippen LogP contribution in [0.5, 0.6) is 5.75 Å². The summed E-state index contributed by atoms with van der Waals surface area (Å²) in [5.41, 5.74) is 2.68. The fourth-order valence-corrected chi connectivity index (χ4v) is 5.18. The molecular formula is C26H38N6O2Si. The molecule has 1 atom stereocenters. The number of aromatic nitrogens is 4. The van der Waals surface area contributed by atoms with E-state index in [0.717, 1.165) is 79.0 Å². The minimum atomic E-state index is -1.16. The van der Waals surface area contributed by atoms with Gasteiger partial charge in [-0.15, -0.1) is 0 Å². The number of fused-ring (bicyclic) bond motifs is 1. The molecule has 1 aliphatic heterocycles. The summed E-state index contributed by atoms with van der Waals surface area (Å²) in [6, 6.07) is 9.80. The molecule has 9 heteroatoms. The number of nitrogens with zero attached hydrogens (tertiary/aromatic N) is 5. The molecule has 3 aromatic rings. The monoisotopic (exact) mass is 494 g/mol. The van der Waals surface area contributed by atoms with Crippen molar-refractivity contribution in [1.82, 2.24) is 25.1 Å². The van der Waals surface area contributed by atoms with Gasteiger partial charge in [0.2, 0.25) is 0 Å². The molecule has 188 valence electrons. The summed E-state index contributed by atoms with van der Waals surface area (Å²) in [5.74, 6) is 1.82. The van der Waals surface area contributed by atoms with E-state index in [1.54, 1.807) is 6.33 Å². The highest BCUT2D eigenvalue weighted by atomic mass is 28.3. The zero-order chi connectivity index (χ0) is 24.6. The van der Waals surface area contributed by atoms with Crippen molar-refractivity contribution in [3.63, 3.8) is 0 Å². The fourth-order valence-electron chi connectivity index (χ4n) is 4.42. The van der Waals surface area contributed by atoms with E-state index >= 15 is 0 Å². The standard InChI is InChI=1S/C26H38N6O2Si/c1-19-16-31(11-10-27-19)24-15-23(28-17-29-24)25-21-14-20(34-26(2)8-9-26)6-7-22(21)30-32(25)18-33-12-13-35(3,4)5/h6-7,14-15,17,19,27H,8-13,16,18H2,1-5H3/t19-/m1/s1. The van der Waals surface area contributed by atoms with Gasteiger partial charge in [0.1, 0.15) is 30.2 Å². The Morgan fingerprint density at radius 2 is 2.00 bits per heavy atom. The summed E-state index contributed by atoms with van der Waals surface area (Å²) in [6.45, 7) is 15.4. The summed E-state index contributed by atoms with van der Waals surface area (Å²) >= 11 is 0. The van der Waals surface area contributed by atoms with Crippen LogP contribution in [-0.4, -0.2) is 65.7 Å². The highest BCUT2D eigenvalue weighted by Gasteiger charge is 2.40. The normalized spacial score (nSPS) is 19.8. The molecule has 0 spiro atoms. The summed E-state index contributed by atoms with van der Waals surface area (Å²) in [7, 11) is -1.16. The molecule has 5 rings (SSSR count). The highest BCUT2D eigenvalue weighted by molar-refractivity contribution is 6.76.